The Hall–Kier alpha value is -1.67. The van der Waals surface area contributed by atoms with Crippen molar-refractivity contribution in [3.63, 3.8) is 0 Å². The molecule has 0 spiro atoms. The fourth-order valence-electron chi connectivity index (χ4n) is 2.27. The summed E-state index contributed by atoms with van der Waals surface area (Å²) in [6.07, 6.45) is 6.01. The third-order valence-corrected chi connectivity index (χ3v) is 3.43. The summed E-state index contributed by atoms with van der Waals surface area (Å²) < 4.78 is 0. The Morgan fingerprint density at radius 1 is 1.05 bits per heavy atom. The van der Waals surface area contributed by atoms with E-state index in [2.05, 4.69) is 60.5 Å². The van der Waals surface area contributed by atoms with Crippen LogP contribution in [0.4, 0.5) is 0 Å². The Kier molecular flexibility index (Phi) is 5.10. The minimum atomic E-state index is 0.347. The lowest BCUT2D eigenvalue weighted by Crippen LogP contribution is -2.29. The van der Waals surface area contributed by atoms with Gasteiger partial charge in [0.05, 0.1) is 0 Å². The molecule has 1 aromatic carbocycles. The van der Waals surface area contributed by atoms with Crippen LogP contribution in [0.1, 0.15) is 37.4 Å². The van der Waals surface area contributed by atoms with Crippen LogP contribution in [-0.4, -0.2) is 11.0 Å². The van der Waals surface area contributed by atoms with Gasteiger partial charge in [-0.15, -0.1) is 0 Å². The zero-order valence-corrected chi connectivity index (χ0v) is 11.7. The molecule has 0 fully saturated rings. The Labute approximate surface area is 115 Å². The van der Waals surface area contributed by atoms with Gasteiger partial charge in [-0.2, -0.15) is 0 Å². The van der Waals surface area contributed by atoms with Gasteiger partial charge >= 0.3 is 0 Å². The third-order valence-electron chi connectivity index (χ3n) is 3.43. The van der Waals surface area contributed by atoms with E-state index < -0.39 is 0 Å². The van der Waals surface area contributed by atoms with E-state index in [1.807, 2.05) is 18.5 Å². The number of benzene rings is 1. The highest BCUT2D eigenvalue weighted by molar-refractivity contribution is 5.15. The molecule has 1 heterocycles. The van der Waals surface area contributed by atoms with Crippen LogP contribution in [0.2, 0.25) is 0 Å². The second-order valence-corrected chi connectivity index (χ2v) is 5.10. The smallest absolute Gasteiger partial charge is 0.0315 e. The van der Waals surface area contributed by atoms with Crippen molar-refractivity contribution < 1.29 is 0 Å². The minimum Gasteiger partial charge on any atom is -0.308 e. The van der Waals surface area contributed by atoms with Crippen LogP contribution in [0.15, 0.2) is 54.9 Å². The van der Waals surface area contributed by atoms with Gasteiger partial charge in [-0.3, -0.25) is 4.98 Å². The number of aromatic nitrogens is 1. The minimum absolute atomic E-state index is 0.347. The number of nitrogens with zero attached hydrogens (tertiary/aromatic N) is 1. The fraction of sp³-hybridized carbons (Fsp3) is 0.353. The zero-order valence-electron chi connectivity index (χ0n) is 11.7. The summed E-state index contributed by atoms with van der Waals surface area (Å²) in [4.78, 5) is 4.17. The van der Waals surface area contributed by atoms with E-state index in [4.69, 9.17) is 0 Å². The van der Waals surface area contributed by atoms with Crippen molar-refractivity contribution in [2.45, 2.75) is 38.8 Å². The van der Waals surface area contributed by atoms with E-state index in [9.17, 15) is 0 Å². The summed E-state index contributed by atoms with van der Waals surface area (Å²) >= 11 is 0. The van der Waals surface area contributed by atoms with Crippen molar-refractivity contribution in [2.75, 3.05) is 0 Å². The lowest BCUT2D eigenvalue weighted by molar-refractivity contribution is 0.455. The largest absolute Gasteiger partial charge is 0.308 e. The van der Waals surface area contributed by atoms with Crippen LogP contribution in [-0.2, 0) is 6.42 Å². The first-order chi connectivity index (χ1) is 9.25. The van der Waals surface area contributed by atoms with Crippen LogP contribution in [0.25, 0.3) is 0 Å². The standard InChI is InChI=1S/C17H22N2/c1-14(10-11-16-7-4-3-5-8-16)19-15(2)17-9-6-12-18-13-17/h3-9,12-15,19H,10-11H2,1-2H3/t14?,15-/m0/s1. The first-order valence-electron chi connectivity index (χ1n) is 6.95. The molecule has 2 rings (SSSR count). The molecule has 1 aromatic heterocycles. The third kappa shape index (κ3) is 4.49. The van der Waals surface area contributed by atoms with Gasteiger partial charge in [-0.05, 0) is 43.9 Å². The lowest BCUT2D eigenvalue weighted by atomic mass is 10.0. The zero-order chi connectivity index (χ0) is 13.5. The van der Waals surface area contributed by atoms with Crippen LogP contribution < -0.4 is 5.32 Å². The molecule has 0 radical (unpaired) electrons. The molecular formula is C17H22N2. The second kappa shape index (κ2) is 7.05. The molecule has 2 nitrogen and oxygen atoms in total. The van der Waals surface area contributed by atoms with Gasteiger partial charge in [0.2, 0.25) is 0 Å². The van der Waals surface area contributed by atoms with Gasteiger partial charge in [0.15, 0.2) is 0 Å². The molecule has 1 unspecified atom stereocenters. The average molecular weight is 254 g/mol. The van der Waals surface area contributed by atoms with Gasteiger partial charge in [0.25, 0.3) is 0 Å². The predicted octanol–water partition coefficient (Wildman–Crippen LogP) is 3.75. The number of aryl methyl sites for hydroxylation is 1. The number of hydrogen-bond donors (Lipinski definition) is 1. The van der Waals surface area contributed by atoms with E-state index in [1.54, 1.807) is 0 Å². The number of pyridine rings is 1. The van der Waals surface area contributed by atoms with E-state index in [1.165, 1.54) is 11.1 Å². The molecule has 2 aromatic rings. The highest BCUT2D eigenvalue weighted by Crippen LogP contribution is 2.12. The van der Waals surface area contributed by atoms with Gasteiger partial charge in [-0.25, -0.2) is 0 Å². The van der Waals surface area contributed by atoms with Crippen molar-refractivity contribution in [3.8, 4) is 0 Å². The molecule has 0 aliphatic carbocycles. The fourth-order valence-corrected chi connectivity index (χ4v) is 2.27. The van der Waals surface area contributed by atoms with Crippen LogP contribution in [0, 0.1) is 0 Å². The maximum Gasteiger partial charge on any atom is 0.0315 e. The van der Waals surface area contributed by atoms with Crippen molar-refractivity contribution in [1.29, 1.82) is 0 Å². The summed E-state index contributed by atoms with van der Waals surface area (Å²) in [5.41, 5.74) is 2.65. The summed E-state index contributed by atoms with van der Waals surface area (Å²) in [5, 5.41) is 3.63. The van der Waals surface area contributed by atoms with E-state index in [-0.39, 0.29) is 0 Å². The summed E-state index contributed by atoms with van der Waals surface area (Å²) in [5.74, 6) is 0. The Bertz CT molecular complexity index is 467. The van der Waals surface area contributed by atoms with Crippen molar-refractivity contribution in [1.82, 2.24) is 10.3 Å². The molecule has 100 valence electrons. The Morgan fingerprint density at radius 2 is 1.84 bits per heavy atom. The molecule has 2 heteroatoms. The molecule has 0 bridgehead atoms. The topological polar surface area (TPSA) is 24.9 Å². The van der Waals surface area contributed by atoms with Crippen molar-refractivity contribution >= 4 is 0 Å². The molecule has 2 atom stereocenters. The number of hydrogen-bond acceptors (Lipinski definition) is 2. The molecule has 19 heavy (non-hydrogen) atoms. The van der Waals surface area contributed by atoms with Gasteiger partial charge in [-0.1, -0.05) is 36.4 Å². The lowest BCUT2D eigenvalue weighted by Gasteiger charge is -2.20. The van der Waals surface area contributed by atoms with Crippen molar-refractivity contribution in [2.24, 2.45) is 0 Å². The molecule has 0 aliphatic heterocycles. The average Bonchev–Trinajstić information content (AvgIpc) is 2.47. The molecular weight excluding hydrogens is 232 g/mol. The second-order valence-electron chi connectivity index (χ2n) is 5.10. The van der Waals surface area contributed by atoms with E-state index in [0.717, 1.165) is 12.8 Å². The summed E-state index contributed by atoms with van der Waals surface area (Å²) in [6, 6.07) is 15.6. The highest BCUT2D eigenvalue weighted by Gasteiger charge is 2.09. The molecule has 0 amide bonds. The van der Waals surface area contributed by atoms with Gasteiger partial charge < -0.3 is 5.32 Å². The maximum atomic E-state index is 4.17. The molecule has 0 saturated heterocycles. The van der Waals surface area contributed by atoms with Gasteiger partial charge in [0, 0.05) is 24.5 Å². The monoisotopic (exact) mass is 254 g/mol. The summed E-state index contributed by atoms with van der Waals surface area (Å²) in [7, 11) is 0. The number of rotatable bonds is 6. The molecule has 0 aliphatic rings. The highest BCUT2D eigenvalue weighted by atomic mass is 14.9. The SMILES string of the molecule is CC(CCc1ccccc1)N[C@@H](C)c1cccnc1. The van der Waals surface area contributed by atoms with Gasteiger partial charge in [0.1, 0.15) is 0 Å². The Morgan fingerprint density at radius 3 is 2.53 bits per heavy atom. The first-order valence-corrected chi connectivity index (χ1v) is 6.95. The maximum absolute atomic E-state index is 4.17. The quantitative estimate of drug-likeness (QED) is 0.849. The predicted molar refractivity (Wildman–Crippen MR) is 80.0 cm³/mol. The molecule has 1 N–H and O–H groups in total. The number of nitrogens with one attached hydrogen (secondary N) is 1. The normalized spacial score (nSPS) is 14.0. The van der Waals surface area contributed by atoms with Crippen molar-refractivity contribution in [3.05, 3.63) is 66.0 Å². The van der Waals surface area contributed by atoms with Crippen LogP contribution in [0.3, 0.4) is 0 Å². The van der Waals surface area contributed by atoms with Crippen LogP contribution in [0.5, 0.6) is 0 Å². The van der Waals surface area contributed by atoms with Crippen LogP contribution >= 0.6 is 0 Å². The van der Waals surface area contributed by atoms with E-state index in [0.29, 0.717) is 12.1 Å². The summed E-state index contributed by atoms with van der Waals surface area (Å²) in [6.45, 7) is 4.44. The Balaban J connectivity index is 1.80. The van der Waals surface area contributed by atoms with E-state index >= 15 is 0 Å². The first kappa shape index (κ1) is 13.8. The molecule has 0 saturated carbocycles.